The Kier molecular flexibility index (Phi) is 6.14. The fourth-order valence-electron chi connectivity index (χ4n) is 3.38. The van der Waals surface area contributed by atoms with E-state index in [0.29, 0.717) is 29.8 Å². The standard InChI is InChI=1S/C24H20N4O3S2/c1-30-18-7-8-19-20(13-18)33-24(25-19)28(14-16-5-3-2-4-6-16)22(29)10-9-21-26-23(27-31-21)17-11-12-32-15-17/h2-8,11-13,15H,9-10,14H2,1H3. The van der Waals surface area contributed by atoms with Gasteiger partial charge in [0.05, 0.1) is 23.9 Å². The Bertz CT molecular complexity index is 1360. The van der Waals surface area contributed by atoms with Crippen LogP contribution in [-0.4, -0.2) is 28.1 Å². The highest BCUT2D eigenvalue weighted by Gasteiger charge is 2.21. The molecular weight excluding hydrogens is 456 g/mol. The second kappa shape index (κ2) is 9.51. The Labute approximate surface area is 198 Å². The first-order valence-corrected chi connectivity index (χ1v) is 12.1. The molecule has 2 aromatic carbocycles. The van der Waals surface area contributed by atoms with E-state index in [0.717, 1.165) is 27.1 Å². The molecule has 9 heteroatoms. The van der Waals surface area contributed by atoms with Gasteiger partial charge < -0.3 is 9.26 Å². The van der Waals surface area contributed by atoms with Gasteiger partial charge in [-0.25, -0.2) is 4.98 Å². The summed E-state index contributed by atoms with van der Waals surface area (Å²) in [6.07, 6.45) is 0.595. The number of aromatic nitrogens is 3. The molecule has 1 amide bonds. The van der Waals surface area contributed by atoms with Gasteiger partial charge in [-0.2, -0.15) is 16.3 Å². The number of benzene rings is 2. The van der Waals surface area contributed by atoms with Crippen molar-refractivity contribution in [2.45, 2.75) is 19.4 Å². The van der Waals surface area contributed by atoms with Crippen molar-refractivity contribution in [1.82, 2.24) is 15.1 Å². The highest BCUT2D eigenvalue weighted by molar-refractivity contribution is 7.22. The predicted molar refractivity (Wildman–Crippen MR) is 130 cm³/mol. The first-order chi connectivity index (χ1) is 16.2. The third-order valence-corrected chi connectivity index (χ3v) is 6.82. The molecular formula is C24H20N4O3S2. The molecule has 3 aromatic heterocycles. The van der Waals surface area contributed by atoms with Crippen LogP contribution in [0.3, 0.4) is 0 Å². The molecule has 0 spiro atoms. The number of hydrogen-bond donors (Lipinski definition) is 0. The van der Waals surface area contributed by atoms with Crippen LogP contribution in [0.5, 0.6) is 5.75 Å². The number of ether oxygens (including phenoxy) is 1. The smallest absolute Gasteiger partial charge is 0.229 e. The first kappa shape index (κ1) is 21.3. The van der Waals surface area contributed by atoms with Crippen LogP contribution in [0.25, 0.3) is 21.6 Å². The number of nitrogens with zero attached hydrogens (tertiary/aromatic N) is 4. The summed E-state index contributed by atoms with van der Waals surface area (Å²) in [5.41, 5.74) is 2.77. The monoisotopic (exact) mass is 476 g/mol. The maximum Gasteiger partial charge on any atom is 0.229 e. The lowest BCUT2D eigenvalue weighted by atomic mass is 10.2. The maximum absolute atomic E-state index is 13.3. The summed E-state index contributed by atoms with van der Waals surface area (Å²) >= 11 is 3.04. The number of thiophene rings is 1. The molecule has 0 unspecified atom stereocenters. The molecule has 5 rings (SSSR count). The van der Waals surface area contributed by atoms with Crippen molar-refractivity contribution in [3.63, 3.8) is 0 Å². The van der Waals surface area contributed by atoms with Crippen LogP contribution >= 0.6 is 22.7 Å². The van der Waals surface area contributed by atoms with E-state index >= 15 is 0 Å². The number of thiazole rings is 1. The van der Waals surface area contributed by atoms with Gasteiger partial charge in [0.2, 0.25) is 17.6 Å². The van der Waals surface area contributed by atoms with Crippen molar-refractivity contribution in [3.8, 4) is 17.1 Å². The number of rotatable bonds is 8. The summed E-state index contributed by atoms with van der Waals surface area (Å²) in [5, 5.41) is 8.60. The van der Waals surface area contributed by atoms with Gasteiger partial charge in [-0.1, -0.05) is 46.8 Å². The van der Waals surface area contributed by atoms with Crippen LogP contribution in [-0.2, 0) is 17.8 Å². The molecule has 5 aromatic rings. The van der Waals surface area contributed by atoms with Gasteiger partial charge in [0.15, 0.2) is 5.13 Å². The summed E-state index contributed by atoms with van der Waals surface area (Å²) in [4.78, 5) is 24.2. The minimum Gasteiger partial charge on any atom is -0.497 e. The summed E-state index contributed by atoms with van der Waals surface area (Å²) in [6.45, 7) is 0.431. The average Bonchev–Trinajstić information content (AvgIpc) is 3.61. The zero-order valence-corrected chi connectivity index (χ0v) is 19.4. The Morgan fingerprint density at radius 2 is 2.00 bits per heavy atom. The SMILES string of the molecule is COc1ccc2nc(N(Cc3ccccc3)C(=O)CCc3nc(-c4ccsc4)no3)sc2c1. The van der Waals surface area contributed by atoms with E-state index in [-0.39, 0.29) is 12.3 Å². The molecule has 0 aliphatic carbocycles. The average molecular weight is 477 g/mol. The molecule has 0 aliphatic rings. The van der Waals surface area contributed by atoms with Gasteiger partial charge in [-0.05, 0) is 35.2 Å². The highest BCUT2D eigenvalue weighted by Crippen LogP contribution is 2.32. The number of carbonyl (C=O) groups excluding carboxylic acids is 1. The van der Waals surface area contributed by atoms with Crippen molar-refractivity contribution < 1.29 is 14.1 Å². The fourth-order valence-corrected chi connectivity index (χ4v) is 5.02. The second-order valence-electron chi connectivity index (χ2n) is 7.32. The van der Waals surface area contributed by atoms with E-state index in [2.05, 4.69) is 10.1 Å². The van der Waals surface area contributed by atoms with E-state index in [1.54, 1.807) is 23.3 Å². The van der Waals surface area contributed by atoms with Gasteiger partial charge in [-0.3, -0.25) is 9.69 Å². The van der Waals surface area contributed by atoms with Gasteiger partial charge in [0.25, 0.3) is 0 Å². The molecule has 3 heterocycles. The van der Waals surface area contributed by atoms with Crippen LogP contribution in [0.2, 0.25) is 0 Å². The van der Waals surface area contributed by atoms with Crippen molar-refractivity contribution in [2.75, 3.05) is 12.0 Å². The number of amides is 1. The van der Waals surface area contributed by atoms with E-state index in [1.165, 1.54) is 11.3 Å². The zero-order valence-electron chi connectivity index (χ0n) is 17.8. The van der Waals surface area contributed by atoms with Crippen LogP contribution in [0.1, 0.15) is 17.9 Å². The van der Waals surface area contributed by atoms with E-state index < -0.39 is 0 Å². The van der Waals surface area contributed by atoms with E-state index in [1.807, 2.05) is 65.4 Å². The Balaban J connectivity index is 1.37. The maximum atomic E-state index is 13.3. The highest BCUT2D eigenvalue weighted by atomic mass is 32.1. The van der Waals surface area contributed by atoms with Crippen LogP contribution in [0, 0.1) is 0 Å². The number of anilines is 1. The molecule has 0 bridgehead atoms. The first-order valence-electron chi connectivity index (χ1n) is 10.3. The Morgan fingerprint density at radius 1 is 1.12 bits per heavy atom. The van der Waals surface area contributed by atoms with Crippen molar-refractivity contribution in [2.24, 2.45) is 0 Å². The van der Waals surface area contributed by atoms with E-state index in [4.69, 9.17) is 14.2 Å². The molecule has 166 valence electrons. The molecule has 0 saturated carbocycles. The van der Waals surface area contributed by atoms with Crippen LogP contribution < -0.4 is 9.64 Å². The van der Waals surface area contributed by atoms with Gasteiger partial charge in [-0.15, -0.1) is 0 Å². The number of carbonyl (C=O) groups is 1. The molecule has 0 atom stereocenters. The van der Waals surface area contributed by atoms with Crippen molar-refractivity contribution in [1.29, 1.82) is 0 Å². The topological polar surface area (TPSA) is 81.4 Å². The molecule has 33 heavy (non-hydrogen) atoms. The third-order valence-electron chi connectivity index (χ3n) is 5.10. The Morgan fingerprint density at radius 3 is 2.79 bits per heavy atom. The van der Waals surface area contributed by atoms with Crippen molar-refractivity contribution in [3.05, 3.63) is 76.8 Å². The molecule has 0 saturated heterocycles. The molecule has 0 fully saturated rings. The van der Waals surface area contributed by atoms with Gasteiger partial charge >= 0.3 is 0 Å². The number of aryl methyl sites for hydroxylation is 1. The number of hydrogen-bond acceptors (Lipinski definition) is 8. The number of fused-ring (bicyclic) bond motifs is 1. The largest absolute Gasteiger partial charge is 0.497 e. The number of methoxy groups -OCH3 is 1. The summed E-state index contributed by atoms with van der Waals surface area (Å²) < 4.78 is 11.7. The van der Waals surface area contributed by atoms with Crippen molar-refractivity contribution >= 4 is 43.9 Å². The lowest BCUT2D eigenvalue weighted by molar-refractivity contribution is -0.118. The Hall–Kier alpha value is -3.56. The second-order valence-corrected chi connectivity index (χ2v) is 9.11. The lowest BCUT2D eigenvalue weighted by Gasteiger charge is -2.19. The normalized spacial score (nSPS) is 11.1. The lowest BCUT2D eigenvalue weighted by Crippen LogP contribution is -2.30. The molecule has 7 nitrogen and oxygen atoms in total. The summed E-state index contributed by atoms with van der Waals surface area (Å²) in [6, 6.07) is 17.5. The predicted octanol–water partition coefficient (Wildman–Crippen LogP) is 5.58. The third kappa shape index (κ3) is 4.79. The van der Waals surface area contributed by atoms with Crippen LogP contribution in [0.15, 0.2) is 69.9 Å². The molecule has 0 aliphatic heterocycles. The minimum absolute atomic E-state index is 0.0554. The van der Waals surface area contributed by atoms with E-state index in [9.17, 15) is 4.79 Å². The fraction of sp³-hybridized carbons (Fsp3) is 0.167. The van der Waals surface area contributed by atoms with Gasteiger partial charge in [0.1, 0.15) is 5.75 Å². The summed E-state index contributed by atoms with van der Waals surface area (Å²) in [5.74, 6) is 1.69. The minimum atomic E-state index is -0.0554. The summed E-state index contributed by atoms with van der Waals surface area (Å²) in [7, 11) is 1.63. The quantitative estimate of drug-likeness (QED) is 0.291. The van der Waals surface area contributed by atoms with Gasteiger partial charge in [0, 0.05) is 23.8 Å². The molecule has 0 N–H and O–H groups in total. The zero-order chi connectivity index (χ0) is 22.6. The molecule has 0 radical (unpaired) electrons. The van der Waals surface area contributed by atoms with Crippen LogP contribution in [0.4, 0.5) is 5.13 Å².